The molecule has 2 atom stereocenters. The van der Waals surface area contributed by atoms with Gasteiger partial charge < -0.3 is 5.11 Å². The first-order valence-electron chi connectivity index (χ1n) is 5.60. The normalized spacial score (nSPS) is 24.7. The van der Waals surface area contributed by atoms with E-state index in [9.17, 15) is 17.9 Å². The maximum absolute atomic E-state index is 13.0. The van der Waals surface area contributed by atoms with Gasteiger partial charge in [-0.25, -0.2) is 12.8 Å². The monoisotopic (exact) mass is 258 g/mol. The van der Waals surface area contributed by atoms with E-state index >= 15 is 0 Å². The van der Waals surface area contributed by atoms with Crippen molar-refractivity contribution >= 4 is 9.84 Å². The van der Waals surface area contributed by atoms with E-state index < -0.39 is 15.9 Å². The average molecular weight is 258 g/mol. The van der Waals surface area contributed by atoms with Crippen LogP contribution in [0.25, 0.3) is 0 Å². The lowest BCUT2D eigenvalue weighted by Crippen LogP contribution is -2.09. The molecule has 1 aliphatic rings. The number of aliphatic hydroxyl groups is 1. The third kappa shape index (κ3) is 3.26. The van der Waals surface area contributed by atoms with E-state index in [0.29, 0.717) is 18.4 Å². The summed E-state index contributed by atoms with van der Waals surface area (Å²) in [6.45, 7) is 0. The first-order chi connectivity index (χ1) is 7.96. The molecule has 1 heterocycles. The molecule has 0 spiro atoms. The van der Waals surface area contributed by atoms with Crippen molar-refractivity contribution in [3.8, 4) is 0 Å². The van der Waals surface area contributed by atoms with Gasteiger partial charge in [0.25, 0.3) is 0 Å². The predicted molar refractivity (Wildman–Crippen MR) is 62.7 cm³/mol. The average Bonchev–Trinajstić information content (AvgIpc) is 2.58. The van der Waals surface area contributed by atoms with Crippen molar-refractivity contribution in [1.82, 2.24) is 0 Å². The lowest BCUT2D eigenvalue weighted by molar-refractivity contribution is 0.148. The fourth-order valence-corrected chi connectivity index (χ4v) is 4.10. The van der Waals surface area contributed by atoms with Crippen LogP contribution in [-0.2, 0) is 9.84 Å². The first-order valence-corrected chi connectivity index (χ1v) is 7.42. The molecule has 0 radical (unpaired) electrons. The lowest BCUT2D eigenvalue weighted by Gasteiger charge is -2.14. The van der Waals surface area contributed by atoms with E-state index in [1.807, 2.05) is 0 Å². The number of hydrogen-bond donors (Lipinski definition) is 1. The Labute approximate surface area is 100 Å². The second-order valence-corrected chi connectivity index (χ2v) is 6.80. The number of benzene rings is 1. The van der Waals surface area contributed by atoms with Crippen molar-refractivity contribution in [2.24, 2.45) is 5.92 Å². The van der Waals surface area contributed by atoms with Gasteiger partial charge >= 0.3 is 0 Å². The molecule has 0 amide bonds. The summed E-state index contributed by atoms with van der Waals surface area (Å²) in [5, 5.41) is 9.91. The van der Waals surface area contributed by atoms with Crippen LogP contribution in [0.1, 0.15) is 24.5 Å². The van der Waals surface area contributed by atoms with Crippen LogP contribution in [0.2, 0.25) is 0 Å². The first kappa shape index (κ1) is 12.5. The second kappa shape index (κ2) is 4.74. The summed E-state index contributed by atoms with van der Waals surface area (Å²) in [7, 11) is -2.92. The third-order valence-electron chi connectivity index (χ3n) is 3.12. The molecule has 94 valence electrons. The number of hydrogen-bond acceptors (Lipinski definition) is 3. The highest BCUT2D eigenvalue weighted by molar-refractivity contribution is 7.91. The number of halogens is 1. The molecule has 2 unspecified atom stereocenters. The van der Waals surface area contributed by atoms with Gasteiger partial charge in [0.15, 0.2) is 9.84 Å². The Bertz CT molecular complexity index is 498. The van der Waals surface area contributed by atoms with Gasteiger partial charge in [-0.3, -0.25) is 0 Å². The molecule has 5 heteroatoms. The smallest absolute Gasteiger partial charge is 0.150 e. The molecule has 1 saturated heterocycles. The molecule has 1 fully saturated rings. The topological polar surface area (TPSA) is 54.4 Å². The van der Waals surface area contributed by atoms with E-state index in [1.54, 1.807) is 12.1 Å². The third-order valence-corrected chi connectivity index (χ3v) is 4.95. The van der Waals surface area contributed by atoms with Crippen LogP contribution in [0.4, 0.5) is 4.39 Å². The molecular formula is C12H15FO3S. The van der Waals surface area contributed by atoms with Crippen molar-refractivity contribution in [2.45, 2.75) is 18.9 Å². The summed E-state index contributed by atoms with van der Waals surface area (Å²) in [6, 6.07) is 5.79. The SMILES string of the molecule is O=S1(=O)CCC(CC(O)c2cccc(F)c2)C1. The van der Waals surface area contributed by atoms with Gasteiger partial charge in [-0.2, -0.15) is 0 Å². The fraction of sp³-hybridized carbons (Fsp3) is 0.500. The zero-order valence-electron chi connectivity index (χ0n) is 9.34. The number of rotatable bonds is 3. The molecule has 0 aromatic heterocycles. The molecule has 0 aliphatic carbocycles. The van der Waals surface area contributed by atoms with Crippen molar-refractivity contribution in [2.75, 3.05) is 11.5 Å². The van der Waals surface area contributed by atoms with Gasteiger partial charge in [0.1, 0.15) is 5.82 Å². The van der Waals surface area contributed by atoms with E-state index in [4.69, 9.17) is 0 Å². The second-order valence-electron chi connectivity index (χ2n) is 4.58. The number of sulfone groups is 1. The summed E-state index contributed by atoms with van der Waals surface area (Å²) in [5.74, 6) is -0.0636. The van der Waals surface area contributed by atoms with E-state index in [0.717, 1.165) is 0 Å². The van der Waals surface area contributed by atoms with Crippen LogP contribution in [0.15, 0.2) is 24.3 Å². The molecule has 17 heavy (non-hydrogen) atoms. The summed E-state index contributed by atoms with van der Waals surface area (Å²) in [4.78, 5) is 0. The van der Waals surface area contributed by atoms with Crippen molar-refractivity contribution in [1.29, 1.82) is 0 Å². The van der Waals surface area contributed by atoms with Crippen LogP contribution < -0.4 is 0 Å². The van der Waals surface area contributed by atoms with Crippen molar-refractivity contribution in [3.63, 3.8) is 0 Å². The minimum absolute atomic E-state index is 0.0155. The highest BCUT2D eigenvalue weighted by Crippen LogP contribution is 2.28. The van der Waals surface area contributed by atoms with E-state index in [1.165, 1.54) is 12.1 Å². The highest BCUT2D eigenvalue weighted by Gasteiger charge is 2.29. The molecular weight excluding hydrogens is 243 g/mol. The molecule has 1 aliphatic heterocycles. The minimum atomic E-state index is -2.92. The maximum atomic E-state index is 13.0. The van der Waals surface area contributed by atoms with E-state index in [2.05, 4.69) is 0 Å². The van der Waals surface area contributed by atoms with Gasteiger partial charge in [0, 0.05) is 0 Å². The molecule has 0 saturated carbocycles. The Balaban J connectivity index is 2.00. The largest absolute Gasteiger partial charge is 0.388 e. The van der Waals surface area contributed by atoms with Gasteiger partial charge in [-0.1, -0.05) is 12.1 Å². The van der Waals surface area contributed by atoms with Crippen LogP contribution in [-0.4, -0.2) is 25.0 Å². The summed E-state index contributed by atoms with van der Waals surface area (Å²) in [6.07, 6.45) is 0.182. The lowest BCUT2D eigenvalue weighted by atomic mass is 9.96. The Morgan fingerprint density at radius 1 is 1.47 bits per heavy atom. The summed E-state index contributed by atoms with van der Waals surface area (Å²) < 4.78 is 35.5. The zero-order valence-corrected chi connectivity index (χ0v) is 10.2. The Morgan fingerprint density at radius 2 is 2.24 bits per heavy atom. The van der Waals surface area contributed by atoms with Crippen molar-refractivity contribution < 1.29 is 17.9 Å². The fourth-order valence-electron chi connectivity index (χ4n) is 2.22. The molecule has 0 bridgehead atoms. The number of aliphatic hydroxyl groups excluding tert-OH is 1. The van der Waals surface area contributed by atoms with Gasteiger partial charge in [-0.05, 0) is 36.5 Å². The molecule has 2 rings (SSSR count). The van der Waals surface area contributed by atoms with Gasteiger partial charge in [-0.15, -0.1) is 0 Å². The Morgan fingerprint density at radius 3 is 2.82 bits per heavy atom. The van der Waals surface area contributed by atoms with Gasteiger partial charge in [0.2, 0.25) is 0 Å². The molecule has 3 nitrogen and oxygen atoms in total. The predicted octanol–water partition coefficient (Wildman–Crippen LogP) is 1.68. The van der Waals surface area contributed by atoms with Crippen LogP contribution in [0.5, 0.6) is 0 Å². The van der Waals surface area contributed by atoms with Crippen molar-refractivity contribution in [3.05, 3.63) is 35.6 Å². The highest BCUT2D eigenvalue weighted by atomic mass is 32.2. The molecule has 1 aromatic carbocycles. The molecule has 1 aromatic rings. The summed E-state index contributed by atoms with van der Waals surface area (Å²) in [5.41, 5.74) is 0.509. The van der Waals surface area contributed by atoms with Gasteiger partial charge in [0.05, 0.1) is 17.6 Å². The standard InChI is InChI=1S/C12H15FO3S/c13-11-3-1-2-10(7-11)12(14)6-9-4-5-17(15,16)8-9/h1-3,7,9,12,14H,4-6,8H2. The molecule has 1 N–H and O–H groups in total. The minimum Gasteiger partial charge on any atom is -0.388 e. The van der Waals surface area contributed by atoms with Crippen LogP contribution >= 0.6 is 0 Å². The van der Waals surface area contributed by atoms with Crippen LogP contribution in [0, 0.1) is 11.7 Å². The Hall–Kier alpha value is -0.940. The maximum Gasteiger partial charge on any atom is 0.150 e. The zero-order chi connectivity index (χ0) is 12.5. The quantitative estimate of drug-likeness (QED) is 0.897. The van der Waals surface area contributed by atoms with Crippen LogP contribution in [0.3, 0.4) is 0 Å². The van der Waals surface area contributed by atoms with E-state index in [-0.39, 0.29) is 23.2 Å². The Kier molecular flexibility index (Phi) is 3.49. The summed E-state index contributed by atoms with van der Waals surface area (Å²) >= 11 is 0.